The number of nitrogens with one attached hydrogen (secondary N) is 2. The molecule has 1 atom stereocenters. The van der Waals surface area contributed by atoms with E-state index < -0.39 is 42.0 Å². The van der Waals surface area contributed by atoms with Gasteiger partial charge in [-0.1, -0.05) is 24.4 Å². The predicted molar refractivity (Wildman–Crippen MR) is 252 cm³/mol. The number of benzene rings is 1. The Balaban J connectivity index is 0.695. The number of urea groups is 1. The highest BCUT2D eigenvalue weighted by Gasteiger charge is 2.43. The summed E-state index contributed by atoms with van der Waals surface area (Å²) in [5, 5.41) is 14.5. The minimum atomic E-state index is -0.838. The van der Waals surface area contributed by atoms with Crippen molar-refractivity contribution in [2.24, 2.45) is 5.41 Å². The van der Waals surface area contributed by atoms with Crippen molar-refractivity contribution >= 4 is 58.3 Å². The second kappa shape index (κ2) is 19.8. The van der Waals surface area contributed by atoms with Crippen molar-refractivity contribution in [1.29, 1.82) is 0 Å². The van der Waals surface area contributed by atoms with E-state index in [0.717, 1.165) is 78.0 Å². The number of carbonyl (C=O) groups excluding carboxylic acids is 6. The van der Waals surface area contributed by atoms with E-state index in [4.69, 9.17) is 9.26 Å². The van der Waals surface area contributed by atoms with Crippen molar-refractivity contribution in [3.8, 4) is 11.5 Å². The molecule has 2 N–H and O–H groups in total. The molecule has 3 fully saturated rings. The van der Waals surface area contributed by atoms with Gasteiger partial charge < -0.3 is 34.6 Å². The number of carbonyl (C=O) groups is 6. The molecule has 1 unspecified atom stereocenters. The number of pyridine rings is 1. The van der Waals surface area contributed by atoms with Crippen molar-refractivity contribution in [2.45, 2.75) is 117 Å². The van der Waals surface area contributed by atoms with Gasteiger partial charge in [-0.25, -0.2) is 19.2 Å². The van der Waals surface area contributed by atoms with Crippen LogP contribution in [0.4, 0.5) is 21.9 Å². The summed E-state index contributed by atoms with van der Waals surface area (Å²) in [4.78, 5) is 98.4. The van der Waals surface area contributed by atoms with Gasteiger partial charge in [0, 0.05) is 75.2 Å². The number of piperidine rings is 1. The fourth-order valence-electron chi connectivity index (χ4n) is 9.66. The number of aryl methyl sites for hydroxylation is 2. The number of aromatic nitrogens is 6. The molecule has 69 heavy (non-hydrogen) atoms. The lowest BCUT2D eigenvalue weighted by atomic mass is 9.97. The Bertz CT molecular complexity index is 2780. The number of amides is 6. The van der Waals surface area contributed by atoms with E-state index in [2.05, 4.69) is 40.7 Å². The minimum Gasteiger partial charge on any atom is -0.443 e. The number of likely N-dealkylation sites (tertiary alicyclic amines) is 1. The first kappa shape index (κ1) is 46.8. The number of nitrogens with zero attached hydrogens (tertiary/aromatic N) is 10. The summed E-state index contributed by atoms with van der Waals surface area (Å²) in [7, 11) is 0. The summed E-state index contributed by atoms with van der Waals surface area (Å²) in [6.45, 7) is 9.11. The van der Waals surface area contributed by atoms with Gasteiger partial charge in [0.05, 0.1) is 41.1 Å². The molecule has 4 aromatic heterocycles. The van der Waals surface area contributed by atoms with Crippen LogP contribution < -0.4 is 15.5 Å². The Kier molecular flexibility index (Phi) is 13.4. The van der Waals surface area contributed by atoms with E-state index in [1.54, 1.807) is 45.4 Å². The van der Waals surface area contributed by atoms with Gasteiger partial charge in [0.1, 0.15) is 11.7 Å². The van der Waals surface area contributed by atoms with Crippen LogP contribution in [-0.4, -0.2) is 119 Å². The Morgan fingerprint density at radius 1 is 0.913 bits per heavy atom. The van der Waals surface area contributed by atoms with Crippen LogP contribution in [0, 0.1) is 12.3 Å². The number of fused-ring (bicyclic) bond motifs is 2. The highest BCUT2D eigenvalue weighted by molar-refractivity contribution is 6.05. The van der Waals surface area contributed by atoms with Gasteiger partial charge in [0.25, 0.3) is 11.8 Å². The fourth-order valence-corrected chi connectivity index (χ4v) is 9.66. The van der Waals surface area contributed by atoms with Gasteiger partial charge in [-0.05, 0) is 95.2 Å². The highest BCUT2D eigenvalue weighted by atomic mass is 16.5. The smallest absolute Gasteiger partial charge is 0.323 e. The van der Waals surface area contributed by atoms with Gasteiger partial charge in [0.15, 0.2) is 12.4 Å². The first-order valence-electron chi connectivity index (χ1n) is 23.9. The summed E-state index contributed by atoms with van der Waals surface area (Å²) in [6.07, 6.45) is 12.9. The molecule has 9 rings (SSSR count). The third kappa shape index (κ3) is 10.1. The monoisotopic (exact) mass is 942 g/mol. The molecule has 20 heteroatoms. The first-order chi connectivity index (χ1) is 33.2. The molecule has 7 heterocycles. The zero-order valence-corrected chi connectivity index (χ0v) is 39.5. The van der Waals surface area contributed by atoms with E-state index in [0.29, 0.717) is 79.3 Å². The lowest BCUT2D eigenvalue weighted by Gasteiger charge is -2.36. The van der Waals surface area contributed by atoms with Gasteiger partial charge in [0.2, 0.25) is 23.5 Å². The lowest BCUT2D eigenvalue weighted by molar-refractivity contribution is -0.168. The maximum absolute atomic E-state index is 13.5. The number of hydrogen-bond acceptors (Lipinski definition) is 14. The van der Waals surface area contributed by atoms with Crippen LogP contribution in [0.3, 0.4) is 0 Å². The van der Waals surface area contributed by atoms with Crippen LogP contribution >= 0.6 is 0 Å². The summed E-state index contributed by atoms with van der Waals surface area (Å²) in [5.41, 5.74) is 5.63. The topological polar surface area (TPSA) is 231 Å². The van der Waals surface area contributed by atoms with Gasteiger partial charge in [-0.15, -0.1) is 0 Å². The number of esters is 1. The Morgan fingerprint density at radius 3 is 2.48 bits per heavy atom. The standard InChI is InChI=1S/C49H58N12O8/c1-30-24-33(53-48(67)54-36-27-50-38-18-19-52-61(38)43(36)31-10-8-9-11-31)26-51-42(30)44-55-39(69-56-44)12-6-5-7-13-40(62)58-22-20-57(21-23-58)34-14-15-35-32(25-34)28-59(45(35)64)37-16-17-41(63)60(46(37)65)29-68-47(66)49(2,3)4/h14-15,18-19,24-27,31,37H,5-13,16-17,20-23,28-29H2,1-4H3,(H2,53,54,67). The van der Waals surface area contributed by atoms with Crippen molar-refractivity contribution < 1.29 is 38.0 Å². The molecule has 0 radical (unpaired) electrons. The molecule has 2 saturated heterocycles. The second-order valence-electron chi connectivity index (χ2n) is 19.3. The van der Waals surface area contributed by atoms with Crippen molar-refractivity contribution in [3.05, 3.63) is 77.2 Å². The average Bonchev–Trinajstić information content (AvgIpc) is 4.17. The van der Waals surface area contributed by atoms with Crippen LogP contribution in [-0.2, 0) is 36.9 Å². The number of imide groups is 1. The summed E-state index contributed by atoms with van der Waals surface area (Å²) < 4.78 is 12.6. The molecule has 20 nitrogen and oxygen atoms in total. The van der Waals surface area contributed by atoms with Crippen molar-refractivity contribution in [2.75, 3.05) is 48.4 Å². The maximum Gasteiger partial charge on any atom is 0.323 e. The molecule has 5 aromatic rings. The third-order valence-electron chi connectivity index (χ3n) is 13.5. The summed E-state index contributed by atoms with van der Waals surface area (Å²) >= 11 is 0. The molecular formula is C49H58N12O8. The number of rotatable bonds is 14. The Hall–Kier alpha value is -7.25. The van der Waals surface area contributed by atoms with Crippen molar-refractivity contribution in [3.63, 3.8) is 0 Å². The van der Waals surface area contributed by atoms with Crippen LogP contribution in [0.5, 0.6) is 0 Å². The van der Waals surface area contributed by atoms with Gasteiger partial charge in [-0.3, -0.25) is 29.0 Å². The lowest BCUT2D eigenvalue weighted by Crippen LogP contribution is -2.55. The zero-order valence-electron chi connectivity index (χ0n) is 39.5. The maximum atomic E-state index is 13.5. The van der Waals surface area contributed by atoms with Crippen LogP contribution in [0.25, 0.3) is 17.2 Å². The van der Waals surface area contributed by atoms with E-state index in [9.17, 15) is 28.8 Å². The molecule has 362 valence electrons. The number of anilines is 3. The molecule has 3 aliphatic heterocycles. The normalized spacial score (nSPS) is 17.8. The highest BCUT2D eigenvalue weighted by Crippen LogP contribution is 2.38. The molecule has 0 spiro atoms. The quantitative estimate of drug-likeness (QED) is 0.0712. The summed E-state index contributed by atoms with van der Waals surface area (Å²) in [5.74, 6) is -0.524. The van der Waals surface area contributed by atoms with Gasteiger partial charge in [-0.2, -0.15) is 10.1 Å². The summed E-state index contributed by atoms with van der Waals surface area (Å²) in [6, 6.07) is 8.08. The van der Waals surface area contributed by atoms with Crippen LogP contribution in [0.15, 0.2) is 53.4 Å². The largest absolute Gasteiger partial charge is 0.443 e. The molecule has 6 amide bonds. The molecule has 0 bridgehead atoms. The minimum absolute atomic E-state index is 0.0603. The fraction of sp³-hybridized carbons (Fsp3) is 0.490. The third-order valence-corrected chi connectivity index (χ3v) is 13.5. The Morgan fingerprint density at radius 2 is 1.71 bits per heavy atom. The molecule has 1 aromatic carbocycles. The number of piperazine rings is 1. The zero-order chi connectivity index (χ0) is 48.4. The first-order valence-corrected chi connectivity index (χ1v) is 23.9. The van der Waals surface area contributed by atoms with Gasteiger partial charge >= 0.3 is 12.0 Å². The van der Waals surface area contributed by atoms with E-state index in [1.165, 1.54) is 4.90 Å². The molecule has 1 aliphatic carbocycles. The molecular weight excluding hydrogens is 885 g/mol. The van der Waals surface area contributed by atoms with E-state index in [1.807, 2.05) is 40.6 Å². The molecule has 1 saturated carbocycles. The number of hydrogen-bond donors (Lipinski definition) is 2. The predicted octanol–water partition coefficient (Wildman–Crippen LogP) is 6.26. The number of ether oxygens (including phenoxy) is 1. The van der Waals surface area contributed by atoms with E-state index in [-0.39, 0.29) is 31.2 Å². The SMILES string of the molecule is Cc1cc(NC(=O)Nc2cnc3ccnn3c2C2CCCC2)cnc1-c1noc(CCCCCC(=O)N2CCN(c3ccc4c(c3)CN(C3CCC(=O)N(COC(=O)C(C)(C)C)C3=O)C4=O)CC2)n1. The second-order valence-corrected chi connectivity index (χ2v) is 19.3. The Labute approximate surface area is 399 Å². The van der Waals surface area contributed by atoms with E-state index >= 15 is 0 Å². The van der Waals surface area contributed by atoms with Crippen LogP contribution in [0.2, 0.25) is 0 Å². The number of unbranched alkanes of at least 4 members (excludes halogenated alkanes) is 2. The molecule has 4 aliphatic rings. The average molecular weight is 943 g/mol. The van der Waals surface area contributed by atoms with Crippen LogP contribution in [0.1, 0.15) is 124 Å². The van der Waals surface area contributed by atoms with Crippen molar-refractivity contribution in [1.82, 2.24) is 44.4 Å².